The average molecular weight is 314 g/mol. The molecule has 3 nitrogen and oxygen atoms in total. The summed E-state index contributed by atoms with van der Waals surface area (Å²) in [7, 11) is 1.69. The Balaban J connectivity index is 3.14. The Morgan fingerprint density at radius 3 is 2.61 bits per heavy atom. The summed E-state index contributed by atoms with van der Waals surface area (Å²) in [5.74, 6) is 0.0781. The molecule has 0 aliphatic heterocycles. The quantitative estimate of drug-likeness (QED) is 0.753. The molecule has 1 rings (SSSR count). The van der Waals surface area contributed by atoms with Crippen LogP contribution in [-0.4, -0.2) is 32.1 Å². The van der Waals surface area contributed by atoms with Gasteiger partial charge in [-0.25, -0.2) is 0 Å². The van der Waals surface area contributed by atoms with E-state index in [-0.39, 0.29) is 5.78 Å². The third kappa shape index (κ3) is 3.82. The molecule has 0 radical (unpaired) electrons. The minimum atomic E-state index is 0.0781. The third-order valence-corrected chi connectivity index (χ3v) is 3.30. The van der Waals surface area contributed by atoms with E-state index >= 15 is 0 Å². The molecule has 0 fully saturated rings. The SMILES string of the molecule is COCCN(c1ccc(Br)cc1C(C)=O)C(C)C. The number of benzene rings is 1. The first-order chi connectivity index (χ1) is 8.47. The van der Waals surface area contributed by atoms with Crippen LogP contribution in [0.5, 0.6) is 0 Å². The Labute approximate surface area is 117 Å². The summed E-state index contributed by atoms with van der Waals surface area (Å²) in [6, 6.07) is 6.14. The fourth-order valence-corrected chi connectivity index (χ4v) is 2.25. The number of hydrogen-bond acceptors (Lipinski definition) is 3. The number of Topliss-reactive ketones (excluding diaryl/α,β-unsaturated/α-hetero) is 1. The van der Waals surface area contributed by atoms with Crippen LogP contribution in [0.4, 0.5) is 5.69 Å². The zero-order valence-electron chi connectivity index (χ0n) is 11.4. The smallest absolute Gasteiger partial charge is 0.161 e. The van der Waals surface area contributed by atoms with Gasteiger partial charge in [0, 0.05) is 35.4 Å². The number of halogens is 1. The van der Waals surface area contributed by atoms with E-state index in [1.165, 1.54) is 0 Å². The molecule has 0 bridgehead atoms. The number of ether oxygens (including phenoxy) is 1. The van der Waals surface area contributed by atoms with Crippen LogP contribution < -0.4 is 4.90 Å². The molecule has 0 atom stereocenters. The van der Waals surface area contributed by atoms with E-state index in [2.05, 4.69) is 34.7 Å². The number of nitrogens with zero attached hydrogens (tertiary/aromatic N) is 1. The molecule has 0 amide bonds. The van der Waals surface area contributed by atoms with Crippen molar-refractivity contribution in [2.24, 2.45) is 0 Å². The highest BCUT2D eigenvalue weighted by Gasteiger charge is 2.16. The van der Waals surface area contributed by atoms with E-state index in [9.17, 15) is 4.79 Å². The predicted octanol–water partition coefficient (Wildman–Crippen LogP) is 3.51. The summed E-state index contributed by atoms with van der Waals surface area (Å²) >= 11 is 3.41. The maximum atomic E-state index is 11.7. The molecule has 0 saturated heterocycles. The van der Waals surface area contributed by atoms with Gasteiger partial charge in [-0.05, 0) is 39.0 Å². The molecule has 18 heavy (non-hydrogen) atoms. The van der Waals surface area contributed by atoms with E-state index in [4.69, 9.17) is 4.74 Å². The van der Waals surface area contributed by atoms with Crippen molar-refractivity contribution in [1.82, 2.24) is 0 Å². The topological polar surface area (TPSA) is 29.5 Å². The zero-order valence-corrected chi connectivity index (χ0v) is 13.0. The standard InChI is InChI=1S/C14H20BrNO2/c1-10(2)16(7-8-18-4)14-6-5-12(15)9-13(14)11(3)17/h5-6,9-10H,7-8H2,1-4H3. The molecule has 1 aromatic rings. The van der Waals surface area contributed by atoms with Gasteiger partial charge in [0.25, 0.3) is 0 Å². The van der Waals surface area contributed by atoms with Crippen molar-refractivity contribution >= 4 is 27.4 Å². The van der Waals surface area contributed by atoms with Gasteiger partial charge in [0.15, 0.2) is 5.78 Å². The van der Waals surface area contributed by atoms with E-state index in [1.54, 1.807) is 14.0 Å². The number of anilines is 1. The maximum absolute atomic E-state index is 11.7. The zero-order chi connectivity index (χ0) is 13.7. The normalized spacial score (nSPS) is 10.8. The molecule has 0 aliphatic rings. The van der Waals surface area contributed by atoms with Crippen LogP contribution in [0.15, 0.2) is 22.7 Å². The molecule has 0 saturated carbocycles. The molecular weight excluding hydrogens is 294 g/mol. The number of carbonyl (C=O) groups excluding carboxylic acids is 1. The van der Waals surface area contributed by atoms with Crippen LogP contribution in [-0.2, 0) is 4.74 Å². The Kier molecular flexibility index (Phi) is 5.82. The van der Waals surface area contributed by atoms with Gasteiger partial charge in [0.2, 0.25) is 0 Å². The van der Waals surface area contributed by atoms with E-state index < -0.39 is 0 Å². The van der Waals surface area contributed by atoms with Crippen LogP contribution in [0, 0.1) is 0 Å². The lowest BCUT2D eigenvalue weighted by atomic mass is 10.1. The van der Waals surface area contributed by atoms with E-state index in [0.717, 1.165) is 22.3 Å². The highest BCUT2D eigenvalue weighted by atomic mass is 79.9. The summed E-state index contributed by atoms with van der Waals surface area (Å²) in [6.07, 6.45) is 0. The Morgan fingerprint density at radius 1 is 1.44 bits per heavy atom. The van der Waals surface area contributed by atoms with Crippen molar-refractivity contribution < 1.29 is 9.53 Å². The monoisotopic (exact) mass is 313 g/mol. The van der Waals surface area contributed by atoms with Gasteiger partial charge < -0.3 is 9.64 Å². The van der Waals surface area contributed by atoms with Crippen molar-refractivity contribution in [2.45, 2.75) is 26.8 Å². The summed E-state index contributed by atoms with van der Waals surface area (Å²) in [5.41, 5.74) is 1.71. The summed E-state index contributed by atoms with van der Waals surface area (Å²) in [6.45, 7) is 7.24. The van der Waals surface area contributed by atoms with Crippen molar-refractivity contribution in [3.63, 3.8) is 0 Å². The number of hydrogen-bond donors (Lipinski definition) is 0. The van der Waals surface area contributed by atoms with Crippen LogP contribution >= 0.6 is 15.9 Å². The van der Waals surface area contributed by atoms with Crippen molar-refractivity contribution in [1.29, 1.82) is 0 Å². The van der Waals surface area contributed by atoms with Crippen molar-refractivity contribution in [3.05, 3.63) is 28.2 Å². The average Bonchev–Trinajstić information content (AvgIpc) is 2.30. The van der Waals surface area contributed by atoms with Crippen LogP contribution in [0.25, 0.3) is 0 Å². The fraction of sp³-hybridized carbons (Fsp3) is 0.500. The summed E-state index contributed by atoms with van der Waals surface area (Å²) < 4.78 is 6.06. The lowest BCUT2D eigenvalue weighted by molar-refractivity contribution is 0.101. The fourth-order valence-electron chi connectivity index (χ4n) is 1.89. The highest BCUT2D eigenvalue weighted by molar-refractivity contribution is 9.10. The highest BCUT2D eigenvalue weighted by Crippen LogP contribution is 2.26. The molecule has 0 N–H and O–H groups in total. The minimum Gasteiger partial charge on any atom is -0.383 e. The molecular formula is C14H20BrNO2. The lowest BCUT2D eigenvalue weighted by Crippen LogP contribution is -2.34. The third-order valence-electron chi connectivity index (χ3n) is 2.81. The van der Waals surface area contributed by atoms with Crippen LogP contribution in [0.3, 0.4) is 0 Å². The van der Waals surface area contributed by atoms with Gasteiger partial charge in [-0.1, -0.05) is 15.9 Å². The van der Waals surface area contributed by atoms with Gasteiger partial charge in [-0.2, -0.15) is 0 Å². The van der Waals surface area contributed by atoms with Gasteiger partial charge >= 0.3 is 0 Å². The summed E-state index contributed by atoms with van der Waals surface area (Å²) in [5, 5.41) is 0. The van der Waals surface area contributed by atoms with Gasteiger partial charge in [0.05, 0.1) is 6.61 Å². The minimum absolute atomic E-state index is 0.0781. The molecule has 0 spiro atoms. The Bertz CT molecular complexity index is 418. The molecule has 1 aromatic carbocycles. The van der Waals surface area contributed by atoms with Crippen molar-refractivity contribution in [2.75, 3.05) is 25.2 Å². The van der Waals surface area contributed by atoms with Crippen LogP contribution in [0.1, 0.15) is 31.1 Å². The number of methoxy groups -OCH3 is 1. The second-order valence-electron chi connectivity index (χ2n) is 4.50. The maximum Gasteiger partial charge on any atom is 0.161 e. The van der Waals surface area contributed by atoms with Crippen molar-refractivity contribution in [3.8, 4) is 0 Å². The Hall–Kier alpha value is -0.870. The first kappa shape index (κ1) is 15.2. The van der Waals surface area contributed by atoms with E-state index in [0.29, 0.717) is 12.6 Å². The summed E-state index contributed by atoms with van der Waals surface area (Å²) in [4.78, 5) is 13.9. The second-order valence-corrected chi connectivity index (χ2v) is 5.41. The predicted molar refractivity (Wildman–Crippen MR) is 78.5 cm³/mol. The first-order valence-electron chi connectivity index (χ1n) is 6.03. The van der Waals surface area contributed by atoms with Gasteiger partial charge in [-0.3, -0.25) is 4.79 Å². The number of rotatable bonds is 6. The molecule has 100 valence electrons. The Morgan fingerprint density at radius 2 is 2.11 bits per heavy atom. The first-order valence-corrected chi connectivity index (χ1v) is 6.82. The molecule has 0 heterocycles. The van der Waals surface area contributed by atoms with Crippen LogP contribution in [0.2, 0.25) is 0 Å². The van der Waals surface area contributed by atoms with Gasteiger partial charge in [0.1, 0.15) is 0 Å². The van der Waals surface area contributed by atoms with E-state index in [1.807, 2.05) is 18.2 Å². The molecule has 0 aliphatic carbocycles. The molecule has 4 heteroatoms. The van der Waals surface area contributed by atoms with Gasteiger partial charge in [-0.15, -0.1) is 0 Å². The lowest BCUT2D eigenvalue weighted by Gasteiger charge is -2.30. The largest absolute Gasteiger partial charge is 0.383 e. The second kappa shape index (κ2) is 6.90. The molecule has 0 unspecified atom stereocenters. The number of ketones is 1. The molecule has 0 aromatic heterocycles. The number of carbonyl (C=O) groups is 1.